The third-order valence-electron chi connectivity index (χ3n) is 3.38. The molecule has 1 saturated heterocycles. The molecule has 1 fully saturated rings. The number of hydrogen-bond acceptors (Lipinski definition) is 3. The first kappa shape index (κ1) is 13.8. The molecule has 1 heterocycles. The Morgan fingerprint density at radius 1 is 1.22 bits per heavy atom. The smallest absolute Gasteiger partial charge is 0.123 e. The number of nitrogens with one attached hydrogen (secondary N) is 1. The van der Waals surface area contributed by atoms with Crippen molar-refractivity contribution in [1.82, 2.24) is 10.2 Å². The van der Waals surface area contributed by atoms with Gasteiger partial charge in [0.1, 0.15) is 5.82 Å². The van der Waals surface area contributed by atoms with Gasteiger partial charge in [0.2, 0.25) is 0 Å². The number of thioether (sulfide) groups is 1. The predicted octanol–water partition coefficient (Wildman–Crippen LogP) is 2.60. The minimum absolute atomic E-state index is 0.166. The number of hydrogen-bond donors (Lipinski definition) is 1. The van der Waals surface area contributed by atoms with Crippen molar-refractivity contribution >= 4 is 11.8 Å². The standard InChI is InChI=1S/C14H21FN2S/c1-14(2,17-9-7-16-8-10-17)11-18-13-5-3-12(15)4-6-13/h3-6,16H,7-11H2,1-2H3. The molecule has 0 radical (unpaired) electrons. The van der Waals surface area contributed by atoms with E-state index in [1.54, 1.807) is 11.8 Å². The van der Waals surface area contributed by atoms with E-state index >= 15 is 0 Å². The number of nitrogens with zero attached hydrogens (tertiary/aromatic N) is 1. The molecular formula is C14H21FN2S. The zero-order chi connectivity index (χ0) is 13.0. The molecule has 0 saturated carbocycles. The van der Waals surface area contributed by atoms with Crippen molar-refractivity contribution in [1.29, 1.82) is 0 Å². The molecule has 1 aliphatic rings. The summed E-state index contributed by atoms with van der Waals surface area (Å²) < 4.78 is 12.8. The number of halogens is 1. The van der Waals surface area contributed by atoms with E-state index in [2.05, 4.69) is 24.1 Å². The maximum absolute atomic E-state index is 12.8. The van der Waals surface area contributed by atoms with Gasteiger partial charge in [0.15, 0.2) is 0 Å². The van der Waals surface area contributed by atoms with Crippen LogP contribution in [0.5, 0.6) is 0 Å². The molecular weight excluding hydrogens is 247 g/mol. The minimum atomic E-state index is -0.166. The van der Waals surface area contributed by atoms with E-state index in [0.29, 0.717) is 0 Å². The van der Waals surface area contributed by atoms with Gasteiger partial charge < -0.3 is 5.32 Å². The largest absolute Gasteiger partial charge is 0.314 e. The van der Waals surface area contributed by atoms with Crippen LogP contribution in [0.2, 0.25) is 0 Å². The summed E-state index contributed by atoms with van der Waals surface area (Å²) in [6, 6.07) is 6.77. The summed E-state index contributed by atoms with van der Waals surface area (Å²) in [6.07, 6.45) is 0. The van der Waals surface area contributed by atoms with E-state index in [1.807, 2.05) is 12.1 Å². The summed E-state index contributed by atoms with van der Waals surface area (Å²) in [4.78, 5) is 3.67. The van der Waals surface area contributed by atoms with Crippen LogP contribution in [0.25, 0.3) is 0 Å². The predicted molar refractivity (Wildman–Crippen MR) is 75.6 cm³/mol. The van der Waals surface area contributed by atoms with Crippen LogP contribution in [-0.2, 0) is 0 Å². The van der Waals surface area contributed by atoms with Crippen LogP contribution in [0, 0.1) is 5.82 Å². The van der Waals surface area contributed by atoms with E-state index in [1.165, 1.54) is 12.1 Å². The molecule has 2 rings (SSSR count). The van der Waals surface area contributed by atoms with Crippen LogP contribution >= 0.6 is 11.8 Å². The molecule has 4 heteroatoms. The Balaban J connectivity index is 1.89. The van der Waals surface area contributed by atoms with Gasteiger partial charge in [-0.1, -0.05) is 0 Å². The zero-order valence-corrected chi connectivity index (χ0v) is 11.9. The lowest BCUT2D eigenvalue weighted by atomic mass is 10.1. The molecule has 2 nitrogen and oxygen atoms in total. The third-order valence-corrected chi connectivity index (χ3v) is 4.84. The Hall–Kier alpha value is -0.580. The highest BCUT2D eigenvalue weighted by molar-refractivity contribution is 7.99. The first-order chi connectivity index (χ1) is 8.58. The first-order valence-corrected chi connectivity index (χ1v) is 7.41. The highest BCUT2D eigenvalue weighted by Gasteiger charge is 2.27. The van der Waals surface area contributed by atoms with Gasteiger partial charge in [-0.15, -0.1) is 11.8 Å². The zero-order valence-electron chi connectivity index (χ0n) is 11.1. The highest BCUT2D eigenvalue weighted by atomic mass is 32.2. The molecule has 1 aromatic rings. The Morgan fingerprint density at radius 2 is 1.83 bits per heavy atom. The molecule has 1 N–H and O–H groups in total. The molecule has 0 atom stereocenters. The van der Waals surface area contributed by atoms with E-state index in [9.17, 15) is 4.39 Å². The molecule has 1 aromatic carbocycles. The molecule has 1 aliphatic heterocycles. The van der Waals surface area contributed by atoms with Crippen molar-refractivity contribution in [3.05, 3.63) is 30.1 Å². The number of benzene rings is 1. The summed E-state index contributed by atoms with van der Waals surface area (Å²) >= 11 is 1.80. The summed E-state index contributed by atoms with van der Waals surface area (Å²) in [5, 5.41) is 3.38. The average Bonchev–Trinajstić information content (AvgIpc) is 2.39. The maximum Gasteiger partial charge on any atom is 0.123 e. The van der Waals surface area contributed by atoms with Gasteiger partial charge in [-0.3, -0.25) is 4.90 Å². The van der Waals surface area contributed by atoms with E-state index in [4.69, 9.17) is 0 Å². The van der Waals surface area contributed by atoms with Crippen molar-refractivity contribution in [2.45, 2.75) is 24.3 Å². The fourth-order valence-corrected chi connectivity index (χ4v) is 3.18. The summed E-state index contributed by atoms with van der Waals surface area (Å²) in [5.41, 5.74) is 0.182. The van der Waals surface area contributed by atoms with E-state index in [0.717, 1.165) is 36.8 Å². The van der Waals surface area contributed by atoms with Crippen LogP contribution in [0.3, 0.4) is 0 Å². The van der Waals surface area contributed by atoms with Crippen LogP contribution in [0.4, 0.5) is 4.39 Å². The summed E-state index contributed by atoms with van der Waals surface area (Å²) in [5.74, 6) is 0.860. The third kappa shape index (κ3) is 3.70. The Labute approximate surface area is 113 Å². The molecule has 0 amide bonds. The topological polar surface area (TPSA) is 15.3 Å². The molecule has 0 aliphatic carbocycles. The van der Waals surface area contributed by atoms with Crippen LogP contribution < -0.4 is 5.32 Å². The van der Waals surface area contributed by atoms with Gasteiger partial charge in [0.05, 0.1) is 0 Å². The van der Waals surface area contributed by atoms with Crippen LogP contribution in [0.15, 0.2) is 29.2 Å². The van der Waals surface area contributed by atoms with Gasteiger partial charge in [0, 0.05) is 42.4 Å². The first-order valence-electron chi connectivity index (χ1n) is 6.42. The summed E-state index contributed by atoms with van der Waals surface area (Å²) in [6.45, 7) is 8.94. The van der Waals surface area contributed by atoms with E-state index in [-0.39, 0.29) is 11.4 Å². The normalized spacial score (nSPS) is 17.9. The monoisotopic (exact) mass is 268 g/mol. The Bertz CT molecular complexity index is 372. The fraction of sp³-hybridized carbons (Fsp3) is 0.571. The highest BCUT2D eigenvalue weighted by Crippen LogP contribution is 2.26. The molecule has 0 spiro atoms. The maximum atomic E-state index is 12.8. The lowest BCUT2D eigenvalue weighted by Gasteiger charge is -2.41. The van der Waals surface area contributed by atoms with Gasteiger partial charge in [-0.25, -0.2) is 4.39 Å². The molecule has 18 heavy (non-hydrogen) atoms. The fourth-order valence-electron chi connectivity index (χ4n) is 2.15. The van der Waals surface area contributed by atoms with Crippen molar-refractivity contribution < 1.29 is 4.39 Å². The van der Waals surface area contributed by atoms with Gasteiger partial charge in [0.25, 0.3) is 0 Å². The Kier molecular flexibility index (Phi) is 4.65. The van der Waals surface area contributed by atoms with Crippen molar-refractivity contribution in [3.63, 3.8) is 0 Å². The number of rotatable bonds is 4. The minimum Gasteiger partial charge on any atom is -0.314 e. The second kappa shape index (κ2) is 6.04. The Morgan fingerprint density at radius 3 is 2.44 bits per heavy atom. The SMILES string of the molecule is CC(C)(CSc1ccc(F)cc1)N1CCNCC1. The van der Waals surface area contributed by atoms with Gasteiger partial charge >= 0.3 is 0 Å². The lowest BCUT2D eigenvalue weighted by molar-refractivity contribution is 0.123. The molecule has 0 unspecified atom stereocenters. The van der Waals surface area contributed by atoms with Crippen molar-refractivity contribution in [2.24, 2.45) is 0 Å². The quantitative estimate of drug-likeness (QED) is 0.845. The molecule has 0 bridgehead atoms. The molecule has 0 aromatic heterocycles. The van der Waals surface area contributed by atoms with Crippen molar-refractivity contribution in [3.8, 4) is 0 Å². The second-order valence-corrected chi connectivity index (χ2v) is 6.34. The van der Waals surface area contributed by atoms with Gasteiger partial charge in [-0.2, -0.15) is 0 Å². The van der Waals surface area contributed by atoms with E-state index < -0.39 is 0 Å². The van der Waals surface area contributed by atoms with Crippen LogP contribution in [0.1, 0.15) is 13.8 Å². The van der Waals surface area contributed by atoms with Gasteiger partial charge in [-0.05, 0) is 38.1 Å². The lowest BCUT2D eigenvalue weighted by Crippen LogP contribution is -2.54. The van der Waals surface area contributed by atoms with Crippen molar-refractivity contribution in [2.75, 3.05) is 31.9 Å². The molecule has 100 valence electrons. The van der Waals surface area contributed by atoms with Crippen LogP contribution in [-0.4, -0.2) is 42.4 Å². The number of piperazine rings is 1. The second-order valence-electron chi connectivity index (χ2n) is 5.29. The average molecular weight is 268 g/mol. The summed E-state index contributed by atoms with van der Waals surface area (Å²) in [7, 11) is 0.